The van der Waals surface area contributed by atoms with E-state index in [0.29, 0.717) is 66.8 Å². The molecule has 0 aromatic carbocycles. The lowest BCUT2D eigenvalue weighted by Gasteiger charge is -2.55. The van der Waals surface area contributed by atoms with Gasteiger partial charge in [-0.1, -0.05) is 63.8 Å². The van der Waals surface area contributed by atoms with Crippen LogP contribution >= 0.6 is 0 Å². The first kappa shape index (κ1) is 33.3. The van der Waals surface area contributed by atoms with E-state index in [0.717, 1.165) is 50.7 Å². The smallest absolute Gasteiger partial charge is 0.309 e. The van der Waals surface area contributed by atoms with Gasteiger partial charge in [0.1, 0.15) is 11.8 Å². The number of esters is 1. The third-order valence-electron chi connectivity index (χ3n) is 12.0. The van der Waals surface area contributed by atoms with Gasteiger partial charge in [-0.2, -0.15) is 0 Å². The van der Waals surface area contributed by atoms with Gasteiger partial charge in [-0.15, -0.1) is 0 Å². The molecule has 9 unspecified atom stereocenters. The topological polar surface area (TPSA) is 85.2 Å². The van der Waals surface area contributed by atoms with Crippen molar-refractivity contribution < 1.29 is 24.2 Å². The van der Waals surface area contributed by atoms with Crippen LogP contribution < -0.4 is 0 Å². The van der Waals surface area contributed by atoms with Gasteiger partial charge in [0.2, 0.25) is 0 Å². The van der Waals surface area contributed by atoms with E-state index in [-0.39, 0.29) is 36.3 Å². The summed E-state index contributed by atoms with van der Waals surface area (Å²) in [5.74, 6) is 3.51. The predicted molar refractivity (Wildman–Crippen MR) is 175 cm³/mol. The first-order valence-electron chi connectivity index (χ1n) is 17.9. The molecule has 0 spiro atoms. The average molecular weight is 608 g/mol. The SMILES string of the molecule is CCC1CCCC2C(OC(=O)[C@@H](CC)CCOCCO)CC3CC(C(C)C(=O)C4=CCCC5C=C(C)C=CC5=N4)CCC3C12. The van der Waals surface area contributed by atoms with Crippen molar-refractivity contribution in [2.45, 2.75) is 111 Å². The lowest BCUT2D eigenvalue weighted by molar-refractivity contribution is -0.172. The molecule has 1 heterocycles. The van der Waals surface area contributed by atoms with E-state index >= 15 is 0 Å². The Morgan fingerprint density at radius 3 is 2.66 bits per heavy atom. The average Bonchev–Trinajstić information content (AvgIpc) is 3.25. The van der Waals surface area contributed by atoms with Crippen LogP contribution in [0.5, 0.6) is 0 Å². The molecule has 0 radical (unpaired) electrons. The number of fused-ring (bicyclic) bond motifs is 4. The quantitative estimate of drug-likeness (QED) is 0.182. The number of nitrogens with zero attached hydrogens (tertiary/aromatic N) is 1. The molecule has 10 atom stereocenters. The number of ether oxygens (including phenoxy) is 2. The molecule has 0 bridgehead atoms. The second kappa shape index (κ2) is 15.5. The molecule has 44 heavy (non-hydrogen) atoms. The summed E-state index contributed by atoms with van der Waals surface area (Å²) >= 11 is 0. The van der Waals surface area contributed by atoms with Gasteiger partial charge < -0.3 is 14.6 Å². The summed E-state index contributed by atoms with van der Waals surface area (Å²) in [6.45, 7) is 9.43. The zero-order valence-electron chi connectivity index (χ0n) is 27.7. The number of aliphatic imine (C=N–C) groups is 1. The summed E-state index contributed by atoms with van der Waals surface area (Å²) in [6.07, 6.45) is 21.0. The van der Waals surface area contributed by atoms with Crippen molar-refractivity contribution in [2.75, 3.05) is 19.8 Å². The van der Waals surface area contributed by atoms with Crippen LogP contribution in [0, 0.1) is 53.3 Å². The second-order valence-corrected chi connectivity index (χ2v) is 14.5. The fourth-order valence-electron chi connectivity index (χ4n) is 9.56. The van der Waals surface area contributed by atoms with E-state index in [1.807, 2.05) is 6.92 Å². The Morgan fingerprint density at radius 2 is 1.89 bits per heavy atom. The molecule has 0 aromatic rings. The second-order valence-electron chi connectivity index (χ2n) is 14.5. The molecule has 6 nitrogen and oxygen atoms in total. The standard InChI is InChI=1S/C38H57NO5/c1-5-26-9-7-11-32-35(44-38(42)27(6-2)17-19-43-20-18-40)23-30-22-28(14-15-31(30)36(26)32)25(4)37(41)34-12-8-10-29-21-24(3)13-16-33(29)39-34/h12-13,16,21,25-32,35-36,40H,5-11,14-15,17-20,22-23H2,1-4H3/t25?,26?,27-,28?,29?,30?,31?,32?,35?,36?/m0/s1. The highest BCUT2D eigenvalue weighted by Crippen LogP contribution is 2.56. The Morgan fingerprint density at radius 1 is 1.05 bits per heavy atom. The van der Waals surface area contributed by atoms with Crippen LogP contribution in [-0.2, 0) is 19.1 Å². The van der Waals surface area contributed by atoms with Gasteiger partial charge in [0.05, 0.1) is 19.1 Å². The summed E-state index contributed by atoms with van der Waals surface area (Å²) in [6, 6.07) is 0. The minimum Gasteiger partial charge on any atom is -0.462 e. The van der Waals surface area contributed by atoms with E-state index in [1.54, 1.807) is 0 Å². The van der Waals surface area contributed by atoms with Crippen LogP contribution in [0.25, 0.3) is 0 Å². The first-order valence-corrected chi connectivity index (χ1v) is 17.9. The molecular formula is C38H57NO5. The Bertz CT molecular complexity index is 1140. The number of hydrogen-bond acceptors (Lipinski definition) is 6. The molecule has 1 N–H and O–H groups in total. The Balaban J connectivity index is 1.28. The van der Waals surface area contributed by atoms with E-state index in [9.17, 15) is 9.59 Å². The van der Waals surface area contributed by atoms with Gasteiger partial charge in [-0.25, -0.2) is 4.99 Å². The molecule has 0 saturated heterocycles. The van der Waals surface area contributed by atoms with Crippen LogP contribution in [0.3, 0.4) is 0 Å². The van der Waals surface area contributed by atoms with Crippen LogP contribution in [0.4, 0.5) is 0 Å². The summed E-state index contributed by atoms with van der Waals surface area (Å²) in [7, 11) is 0. The number of carbonyl (C=O) groups excluding carboxylic acids is 2. The fourth-order valence-corrected chi connectivity index (χ4v) is 9.56. The van der Waals surface area contributed by atoms with Gasteiger partial charge in [0.25, 0.3) is 0 Å². The maximum absolute atomic E-state index is 13.9. The third kappa shape index (κ3) is 7.49. The molecule has 0 aromatic heterocycles. The number of aliphatic hydroxyl groups excluding tert-OH is 1. The van der Waals surface area contributed by atoms with Crippen LogP contribution in [0.15, 0.2) is 40.6 Å². The first-order chi connectivity index (χ1) is 21.3. The van der Waals surface area contributed by atoms with E-state index in [2.05, 4.69) is 45.1 Å². The lowest BCUT2D eigenvalue weighted by atomic mass is 9.52. The molecule has 244 valence electrons. The third-order valence-corrected chi connectivity index (χ3v) is 12.0. The number of Topliss-reactive ketones (excluding diaryl/α,β-unsaturated/α-hetero) is 1. The minimum absolute atomic E-state index is 0.000282. The van der Waals surface area contributed by atoms with Crippen molar-refractivity contribution in [3.05, 3.63) is 35.6 Å². The summed E-state index contributed by atoms with van der Waals surface area (Å²) in [5.41, 5.74) is 2.96. The maximum atomic E-state index is 13.9. The zero-order valence-corrected chi connectivity index (χ0v) is 27.7. The minimum atomic E-state index is -0.167. The van der Waals surface area contributed by atoms with Gasteiger partial charge in [0, 0.05) is 24.2 Å². The van der Waals surface area contributed by atoms with Crippen molar-refractivity contribution in [1.29, 1.82) is 0 Å². The predicted octanol–water partition coefficient (Wildman–Crippen LogP) is 7.66. The largest absolute Gasteiger partial charge is 0.462 e. The number of ketones is 1. The number of rotatable bonds is 12. The van der Waals surface area contributed by atoms with Crippen molar-refractivity contribution in [3.8, 4) is 0 Å². The highest BCUT2D eigenvalue weighted by Gasteiger charge is 2.52. The summed E-state index contributed by atoms with van der Waals surface area (Å²) in [5, 5.41) is 9.02. The Labute approximate surface area is 265 Å². The molecule has 5 aliphatic rings. The Kier molecular flexibility index (Phi) is 11.7. The van der Waals surface area contributed by atoms with Crippen molar-refractivity contribution in [2.24, 2.45) is 58.3 Å². The molecule has 3 fully saturated rings. The summed E-state index contributed by atoms with van der Waals surface area (Å²) in [4.78, 5) is 32.3. The van der Waals surface area contributed by atoms with E-state index < -0.39 is 0 Å². The molecule has 1 aliphatic heterocycles. The maximum Gasteiger partial charge on any atom is 0.309 e. The monoisotopic (exact) mass is 607 g/mol. The highest BCUT2D eigenvalue weighted by molar-refractivity contribution is 6.05. The molecule has 5 rings (SSSR count). The van der Waals surface area contributed by atoms with Gasteiger partial charge in [-0.3, -0.25) is 9.59 Å². The van der Waals surface area contributed by atoms with E-state index in [4.69, 9.17) is 19.6 Å². The molecule has 3 saturated carbocycles. The molecule has 4 aliphatic carbocycles. The molecule has 6 heteroatoms. The number of aliphatic hydroxyl groups is 1. The van der Waals surface area contributed by atoms with Crippen molar-refractivity contribution in [1.82, 2.24) is 0 Å². The molecule has 0 amide bonds. The van der Waals surface area contributed by atoms with Crippen molar-refractivity contribution in [3.63, 3.8) is 0 Å². The summed E-state index contributed by atoms with van der Waals surface area (Å²) < 4.78 is 11.9. The van der Waals surface area contributed by atoms with E-state index in [1.165, 1.54) is 31.3 Å². The van der Waals surface area contributed by atoms with Gasteiger partial charge in [-0.05, 0) is 106 Å². The number of allylic oxidation sites excluding steroid dienone is 6. The molecular weight excluding hydrogens is 550 g/mol. The van der Waals surface area contributed by atoms with Crippen LogP contribution in [-0.4, -0.2) is 48.5 Å². The van der Waals surface area contributed by atoms with Crippen LogP contribution in [0.1, 0.15) is 105 Å². The normalized spacial score (nSPS) is 34.6. The lowest BCUT2D eigenvalue weighted by Crippen LogP contribution is -2.51. The van der Waals surface area contributed by atoms with Crippen LogP contribution in [0.2, 0.25) is 0 Å². The number of hydrogen-bond donors (Lipinski definition) is 1. The Hall–Kier alpha value is -2.05. The zero-order chi connectivity index (χ0) is 31.2. The fraction of sp³-hybridized carbons (Fsp3) is 0.763. The van der Waals surface area contributed by atoms with Gasteiger partial charge >= 0.3 is 5.97 Å². The van der Waals surface area contributed by atoms with Gasteiger partial charge in [0.15, 0.2) is 5.78 Å². The highest BCUT2D eigenvalue weighted by atomic mass is 16.5. The number of carbonyl (C=O) groups is 2. The van der Waals surface area contributed by atoms with Crippen molar-refractivity contribution >= 4 is 17.5 Å².